The van der Waals surface area contributed by atoms with Gasteiger partial charge >= 0.3 is 0 Å². The average Bonchev–Trinajstić information content (AvgIpc) is 3.33. The summed E-state index contributed by atoms with van der Waals surface area (Å²) in [5.41, 5.74) is 3.03. The third kappa shape index (κ3) is 2.90. The summed E-state index contributed by atoms with van der Waals surface area (Å²) in [4.78, 5) is 18.4. The van der Waals surface area contributed by atoms with Crippen molar-refractivity contribution in [3.63, 3.8) is 0 Å². The molecule has 1 aliphatic rings. The topological polar surface area (TPSA) is 68.8 Å². The molecule has 0 spiro atoms. The molecule has 1 amide bonds. The Morgan fingerprint density at radius 2 is 2.04 bits per heavy atom. The van der Waals surface area contributed by atoms with Crippen molar-refractivity contribution < 1.29 is 9.18 Å². The highest BCUT2D eigenvalue weighted by atomic mass is 19.1. The van der Waals surface area contributed by atoms with Crippen LogP contribution in [0.4, 0.5) is 4.39 Å². The summed E-state index contributed by atoms with van der Waals surface area (Å²) in [6.45, 7) is 3.41. The van der Waals surface area contributed by atoms with Crippen molar-refractivity contribution in [3.05, 3.63) is 65.8 Å². The van der Waals surface area contributed by atoms with Gasteiger partial charge in [0, 0.05) is 12.1 Å². The summed E-state index contributed by atoms with van der Waals surface area (Å²) in [6.07, 6.45) is 4.76. The molecule has 0 fully saturated rings. The van der Waals surface area contributed by atoms with Crippen LogP contribution in [0.15, 0.2) is 43.1 Å². The molecule has 0 bridgehead atoms. The first-order valence-electron chi connectivity index (χ1n) is 8.02. The van der Waals surface area contributed by atoms with Crippen LogP contribution in [0.2, 0.25) is 0 Å². The van der Waals surface area contributed by atoms with Crippen LogP contribution in [-0.2, 0) is 24.4 Å². The third-order valence-corrected chi connectivity index (χ3v) is 4.49. The molecule has 25 heavy (non-hydrogen) atoms. The maximum Gasteiger partial charge on any atom is 0.247 e. The highest BCUT2D eigenvalue weighted by Crippen LogP contribution is 2.25. The number of carbonyl (C=O) groups is 1. The summed E-state index contributed by atoms with van der Waals surface area (Å²) >= 11 is 0. The maximum atomic E-state index is 13.0. The monoisotopic (exact) mass is 340 g/mol. The SMILES string of the molecule is C[C@H](C(=O)N1Cc2cnn(Cc3ccc(F)cc3)c2C1)n1cncn1. The van der Waals surface area contributed by atoms with E-state index in [1.807, 2.05) is 11.6 Å². The van der Waals surface area contributed by atoms with Gasteiger partial charge in [-0.3, -0.25) is 9.48 Å². The van der Waals surface area contributed by atoms with E-state index in [2.05, 4.69) is 15.2 Å². The fourth-order valence-corrected chi connectivity index (χ4v) is 3.06. The lowest BCUT2D eigenvalue weighted by Gasteiger charge is -2.20. The summed E-state index contributed by atoms with van der Waals surface area (Å²) in [7, 11) is 0. The van der Waals surface area contributed by atoms with Crippen molar-refractivity contribution in [1.82, 2.24) is 29.4 Å². The van der Waals surface area contributed by atoms with Gasteiger partial charge in [0.25, 0.3) is 0 Å². The second kappa shape index (κ2) is 6.12. The van der Waals surface area contributed by atoms with Crippen LogP contribution in [0, 0.1) is 5.82 Å². The number of carbonyl (C=O) groups excluding carboxylic acids is 1. The molecule has 0 radical (unpaired) electrons. The predicted octanol–water partition coefficient (Wildman–Crippen LogP) is 1.77. The molecule has 0 N–H and O–H groups in total. The van der Waals surface area contributed by atoms with E-state index < -0.39 is 6.04 Å². The molecule has 1 aliphatic heterocycles. The molecule has 1 aromatic carbocycles. The van der Waals surface area contributed by atoms with Crippen LogP contribution >= 0.6 is 0 Å². The zero-order valence-corrected chi connectivity index (χ0v) is 13.7. The molecule has 0 saturated heterocycles. The smallest absolute Gasteiger partial charge is 0.247 e. The first-order chi connectivity index (χ1) is 12.1. The Bertz CT molecular complexity index is 887. The number of nitrogens with zero attached hydrogens (tertiary/aromatic N) is 6. The largest absolute Gasteiger partial charge is 0.330 e. The number of amides is 1. The molecule has 3 heterocycles. The second-order valence-electron chi connectivity index (χ2n) is 6.15. The van der Waals surface area contributed by atoms with Gasteiger partial charge in [-0.15, -0.1) is 0 Å². The number of benzene rings is 1. The molecule has 8 heteroatoms. The van der Waals surface area contributed by atoms with Crippen molar-refractivity contribution >= 4 is 5.91 Å². The average molecular weight is 340 g/mol. The Morgan fingerprint density at radius 3 is 2.76 bits per heavy atom. The van der Waals surface area contributed by atoms with E-state index in [9.17, 15) is 9.18 Å². The van der Waals surface area contributed by atoms with Crippen molar-refractivity contribution in [1.29, 1.82) is 0 Å². The molecule has 3 aromatic rings. The first-order valence-corrected chi connectivity index (χ1v) is 8.02. The Balaban J connectivity index is 1.49. The molecular formula is C17H17FN6O. The van der Waals surface area contributed by atoms with Gasteiger partial charge in [-0.05, 0) is 24.6 Å². The van der Waals surface area contributed by atoms with E-state index in [0.29, 0.717) is 19.6 Å². The molecule has 2 aromatic heterocycles. The van der Waals surface area contributed by atoms with Gasteiger partial charge in [-0.25, -0.2) is 14.1 Å². The van der Waals surface area contributed by atoms with Gasteiger partial charge in [-0.1, -0.05) is 12.1 Å². The number of rotatable bonds is 4. The molecule has 0 saturated carbocycles. The van der Waals surface area contributed by atoms with Gasteiger partial charge in [0.1, 0.15) is 24.5 Å². The first kappa shape index (κ1) is 15.5. The van der Waals surface area contributed by atoms with Crippen molar-refractivity contribution in [3.8, 4) is 0 Å². The molecule has 0 aliphatic carbocycles. The van der Waals surface area contributed by atoms with Gasteiger partial charge < -0.3 is 4.90 Å². The van der Waals surface area contributed by atoms with Crippen LogP contribution in [0.3, 0.4) is 0 Å². The van der Waals surface area contributed by atoms with Gasteiger partial charge in [0.2, 0.25) is 5.91 Å². The van der Waals surface area contributed by atoms with Crippen molar-refractivity contribution in [2.45, 2.75) is 32.6 Å². The fourth-order valence-electron chi connectivity index (χ4n) is 3.06. The lowest BCUT2D eigenvalue weighted by Crippen LogP contribution is -2.33. The van der Waals surface area contributed by atoms with E-state index in [1.165, 1.54) is 18.5 Å². The fraction of sp³-hybridized carbons (Fsp3) is 0.294. The number of halogens is 1. The van der Waals surface area contributed by atoms with Gasteiger partial charge in [-0.2, -0.15) is 10.2 Å². The van der Waals surface area contributed by atoms with E-state index in [-0.39, 0.29) is 11.7 Å². The molecular weight excluding hydrogens is 323 g/mol. The quantitative estimate of drug-likeness (QED) is 0.726. The second-order valence-corrected chi connectivity index (χ2v) is 6.15. The lowest BCUT2D eigenvalue weighted by atomic mass is 10.2. The Morgan fingerprint density at radius 1 is 1.24 bits per heavy atom. The summed E-state index contributed by atoms with van der Waals surface area (Å²) in [5.74, 6) is -0.261. The van der Waals surface area contributed by atoms with Crippen molar-refractivity contribution in [2.24, 2.45) is 0 Å². The normalized spacial score (nSPS) is 14.6. The minimum Gasteiger partial charge on any atom is -0.330 e. The lowest BCUT2D eigenvalue weighted by molar-refractivity contribution is -0.135. The third-order valence-electron chi connectivity index (χ3n) is 4.49. The molecule has 7 nitrogen and oxygen atoms in total. The molecule has 1 atom stereocenters. The summed E-state index contributed by atoms with van der Waals surface area (Å²) in [6, 6.07) is 5.97. The minimum absolute atomic E-state index is 0.00460. The van der Waals surface area contributed by atoms with Crippen LogP contribution in [0.1, 0.15) is 29.8 Å². The highest BCUT2D eigenvalue weighted by Gasteiger charge is 2.30. The van der Waals surface area contributed by atoms with Crippen molar-refractivity contribution in [2.75, 3.05) is 0 Å². The number of hydrogen-bond donors (Lipinski definition) is 0. The van der Waals surface area contributed by atoms with Crippen LogP contribution in [0.5, 0.6) is 0 Å². The van der Waals surface area contributed by atoms with Gasteiger partial charge in [0.05, 0.1) is 25.0 Å². The predicted molar refractivity (Wildman–Crippen MR) is 86.7 cm³/mol. The van der Waals surface area contributed by atoms with Crippen LogP contribution in [-0.4, -0.2) is 35.4 Å². The molecule has 128 valence electrons. The van der Waals surface area contributed by atoms with Crippen LogP contribution < -0.4 is 0 Å². The maximum absolute atomic E-state index is 13.0. The van der Waals surface area contributed by atoms with E-state index in [0.717, 1.165) is 16.8 Å². The van der Waals surface area contributed by atoms with Gasteiger partial charge in [0.15, 0.2) is 0 Å². The van der Waals surface area contributed by atoms with E-state index in [4.69, 9.17) is 0 Å². The van der Waals surface area contributed by atoms with E-state index in [1.54, 1.807) is 34.2 Å². The Kier molecular flexibility index (Phi) is 3.79. The molecule has 0 unspecified atom stereocenters. The van der Waals surface area contributed by atoms with Crippen LogP contribution in [0.25, 0.3) is 0 Å². The summed E-state index contributed by atoms with van der Waals surface area (Å²) < 4.78 is 16.5. The minimum atomic E-state index is -0.398. The number of hydrogen-bond acceptors (Lipinski definition) is 4. The Labute approximate surface area is 143 Å². The van der Waals surface area contributed by atoms with E-state index >= 15 is 0 Å². The Hall–Kier alpha value is -3.03. The number of fused-ring (bicyclic) bond motifs is 1. The standard InChI is InChI=1S/C17H17FN6O/c1-12(24-11-19-10-21-24)17(25)22-8-14-6-20-23(16(14)9-22)7-13-2-4-15(18)5-3-13/h2-6,10-12H,7-9H2,1H3/t12-/m1/s1. The number of aromatic nitrogens is 5. The molecule has 4 rings (SSSR count). The zero-order valence-electron chi connectivity index (χ0n) is 13.7. The zero-order chi connectivity index (χ0) is 17.4. The summed E-state index contributed by atoms with van der Waals surface area (Å²) in [5, 5.41) is 8.44. The highest BCUT2D eigenvalue weighted by molar-refractivity contribution is 5.80.